The zero-order valence-corrected chi connectivity index (χ0v) is 15.8. The Labute approximate surface area is 153 Å². The minimum absolute atomic E-state index is 0.0508. The summed E-state index contributed by atoms with van der Waals surface area (Å²) < 4.78 is 11.2. The van der Waals surface area contributed by atoms with Crippen molar-refractivity contribution in [3.8, 4) is 22.8 Å². The maximum Gasteiger partial charge on any atom is 0.159 e. The van der Waals surface area contributed by atoms with Gasteiger partial charge in [-0.15, -0.1) is 0 Å². The predicted molar refractivity (Wildman–Crippen MR) is 104 cm³/mol. The SMILES string of the molecule is COc1cc(-c2cc3cc(C(C)=O)ccc3cn2)cc(OC)c1C(C)C. The Morgan fingerprint density at radius 1 is 0.962 bits per heavy atom. The van der Waals surface area contributed by atoms with Gasteiger partial charge in [-0.3, -0.25) is 9.78 Å². The van der Waals surface area contributed by atoms with E-state index in [0.29, 0.717) is 5.56 Å². The van der Waals surface area contributed by atoms with Crippen LogP contribution in [0.2, 0.25) is 0 Å². The highest BCUT2D eigenvalue weighted by Crippen LogP contribution is 2.39. The quantitative estimate of drug-likeness (QED) is 0.591. The molecule has 26 heavy (non-hydrogen) atoms. The lowest BCUT2D eigenvalue weighted by molar-refractivity contribution is 0.101. The molecule has 0 radical (unpaired) electrons. The Bertz CT molecular complexity index is 951. The number of carbonyl (C=O) groups excluding carboxylic acids is 1. The van der Waals surface area contributed by atoms with Crippen LogP contribution in [0.5, 0.6) is 11.5 Å². The lowest BCUT2D eigenvalue weighted by atomic mass is 9.97. The summed E-state index contributed by atoms with van der Waals surface area (Å²) in [6, 6.07) is 11.6. The third-order valence-electron chi connectivity index (χ3n) is 4.55. The van der Waals surface area contributed by atoms with Gasteiger partial charge >= 0.3 is 0 Å². The molecule has 0 amide bonds. The number of nitrogens with zero attached hydrogens (tertiary/aromatic N) is 1. The van der Waals surface area contributed by atoms with E-state index in [1.54, 1.807) is 21.1 Å². The van der Waals surface area contributed by atoms with E-state index < -0.39 is 0 Å². The minimum Gasteiger partial charge on any atom is -0.496 e. The van der Waals surface area contributed by atoms with Crippen molar-refractivity contribution in [2.24, 2.45) is 0 Å². The van der Waals surface area contributed by atoms with Crippen LogP contribution in [0.25, 0.3) is 22.0 Å². The number of carbonyl (C=O) groups is 1. The van der Waals surface area contributed by atoms with Gasteiger partial charge in [0, 0.05) is 28.3 Å². The van der Waals surface area contributed by atoms with Gasteiger partial charge in [0.15, 0.2) is 5.78 Å². The zero-order chi connectivity index (χ0) is 18.8. The summed E-state index contributed by atoms with van der Waals surface area (Å²) in [6.07, 6.45) is 1.82. The number of pyridine rings is 1. The molecule has 0 atom stereocenters. The van der Waals surface area contributed by atoms with Gasteiger partial charge in [0.2, 0.25) is 0 Å². The maximum absolute atomic E-state index is 11.7. The highest BCUT2D eigenvalue weighted by molar-refractivity contribution is 5.98. The second-order valence-corrected chi connectivity index (χ2v) is 6.64. The third-order valence-corrected chi connectivity index (χ3v) is 4.55. The average molecular weight is 349 g/mol. The zero-order valence-electron chi connectivity index (χ0n) is 15.8. The van der Waals surface area contributed by atoms with Crippen LogP contribution in [0.4, 0.5) is 0 Å². The van der Waals surface area contributed by atoms with Crippen molar-refractivity contribution in [2.45, 2.75) is 26.7 Å². The van der Waals surface area contributed by atoms with Crippen LogP contribution in [-0.4, -0.2) is 25.0 Å². The molecule has 2 aromatic carbocycles. The van der Waals surface area contributed by atoms with Crippen molar-refractivity contribution in [3.05, 3.63) is 53.7 Å². The van der Waals surface area contributed by atoms with Gasteiger partial charge < -0.3 is 9.47 Å². The minimum atomic E-state index is 0.0508. The normalized spacial score (nSPS) is 11.0. The molecule has 0 unspecified atom stereocenters. The van der Waals surface area contributed by atoms with E-state index in [1.165, 1.54) is 0 Å². The third kappa shape index (κ3) is 3.27. The van der Waals surface area contributed by atoms with Crippen molar-refractivity contribution in [1.29, 1.82) is 0 Å². The van der Waals surface area contributed by atoms with Gasteiger partial charge in [0.1, 0.15) is 11.5 Å². The molecule has 0 spiro atoms. The fraction of sp³-hybridized carbons (Fsp3) is 0.273. The second kappa shape index (κ2) is 7.16. The molecule has 0 saturated heterocycles. The maximum atomic E-state index is 11.7. The van der Waals surface area contributed by atoms with Gasteiger partial charge in [-0.25, -0.2) is 0 Å². The standard InChI is InChI=1S/C22H23NO3/c1-13(2)22-20(25-4)10-18(11-21(22)26-5)19-9-17-8-15(14(3)24)6-7-16(17)12-23-19/h6-13H,1-5H3. The average Bonchev–Trinajstić information content (AvgIpc) is 2.65. The molecular formula is C22H23NO3. The molecule has 4 nitrogen and oxygen atoms in total. The number of fused-ring (bicyclic) bond motifs is 1. The van der Waals surface area contributed by atoms with Crippen molar-refractivity contribution in [2.75, 3.05) is 14.2 Å². The molecule has 0 aliphatic heterocycles. The van der Waals surface area contributed by atoms with Crippen LogP contribution in [-0.2, 0) is 0 Å². The van der Waals surface area contributed by atoms with Crippen LogP contribution >= 0.6 is 0 Å². The molecule has 0 aliphatic carbocycles. The summed E-state index contributed by atoms with van der Waals surface area (Å²) in [6.45, 7) is 5.79. The summed E-state index contributed by atoms with van der Waals surface area (Å²) in [5, 5.41) is 1.98. The van der Waals surface area contributed by atoms with E-state index in [4.69, 9.17) is 9.47 Å². The van der Waals surface area contributed by atoms with Crippen LogP contribution < -0.4 is 9.47 Å². The van der Waals surface area contributed by atoms with Gasteiger partial charge in [-0.1, -0.05) is 26.0 Å². The fourth-order valence-corrected chi connectivity index (χ4v) is 3.17. The summed E-state index contributed by atoms with van der Waals surface area (Å²) in [4.78, 5) is 16.2. The molecule has 0 saturated carbocycles. The first-order chi connectivity index (χ1) is 12.4. The first kappa shape index (κ1) is 17.9. The number of Topliss-reactive ketones (excluding diaryl/α,β-unsaturated/α-hetero) is 1. The van der Waals surface area contributed by atoms with E-state index >= 15 is 0 Å². The van der Waals surface area contributed by atoms with Crippen LogP contribution in [0.15, 0.2) is 42.6 Å². The van der Waals surface area contributed by atoms with Crippen molar-refractivity contribution < 1.29 is 14.3 Å². The van der Waals surface area contributed by atoms with Crippen LogP contribution in [0.3, 0.4) is 0 Å². The Morgan fingerprint density at radius 3 is 2.15 bits per heavy atom. The number of ether oxygens (including phenoxy) is 2. The molecule has 3 aromatic rings. The number of ketones is 1. The largest absolute Gasteiger partial charge is 0.496 e. The van der Waals surface area contributed by atoms with Gasteiger partial charge in [-0.05, 0) is 42.5 Å². The van der Waals surface area contributed by atoms with Gasteiger partial charge in [0.05, 0.1) is 19.9 Å². The first-order valence-electron chi connectivity index (χ1n) is 8.61. The highest BCUT2D eigenvalue weighted by Gasteiger charge is 2.17. The van der Waals surface area contributed by atoms with Crippen molar-refractivity contribution in [1.82, 2.24) is 4.98 Å². The van der Waals surface area contributed by atoms with E-state index in [9.17, 15) is 4.79 Å². The van der Waals surface area contributed by atoms with E-state index in [2.05, 4.69) is 18.8 Å². The number of hydrogen-bond acceptors (Lipinski definition) is 4. The first-order valence-corrected chi connectivity index (χ1v) is 8.61. The molecule has 0 aliphatic rings. The Hall–Kier alpha value is -2.88. The van der Waals surface area contributed by atoms with Crippen LogP contribution in [0, 0.1) is 0 Å². The van der Waals surface area contributed by atoms with Crippen molar-refractivity contribution >= 4 is 16.6 Å². The summed E-state index contributed by atoms with van der Waals surface area (Å²) in [5.41, 5.74) is 3.46. The van der Waals surface area contributed by atoms with E-state index in [0.717, 1.165) is 39.1 Å². The molecule has 0 bridgehead atoms. The molecule has 134 valence electrons. The molecule has 0 fully saturated rings. The number of rotatable bonds is 5. The molecule has 1 heterocycles. The Kier molecular flexibility index (Phi) is 4.94. The summed E-state index contributed by atoms with van der Waals surface area (Å²) >= 11 is 0. The Balaban J connectivity index is 2.17. The lowest BCUT2D eigenvalue weighted by Crippen LogP contribution is -2.00. The molecule has 3 rings (SSSR count). The predicted octanol–water partition coefficient (Wildman–Crippen LogP) is 5.25. The highest BCUT2D eigenvalue weighted by atomic mass is 16.5. The van der Waals surface area contributed by atoms with E-state index in [1.807, 2.05) is 42.6 Å². The fourth-order valence-electron chi connectivity index (χ4n) is 3.17. The number of aromatic nitrogens is 1. The second-order valence-electron chi connectivity index (χ2n) is 6.64. The molecule has 4 heteroatoms. The van der Waals surface area contributed by atoms with Crippen LogP contribution in [0.1, 0.15) is 42.6 Å². The smallest absolute Gasteiger partial charge is 0.159 e. The number of methoxy groups -OCH3 is 2. The summed E-state index contributed by atoms with van der Waals surface area (Å²) in [7, 11) is 3.33. The molecule has 1 aromatic heterocycles. The topological polar surface area (TPSA) is 48.4 Å². The summed E-state index contributed by atoms with van der Waals surface area (Å²) in [5.74, 6) is 1.90. The van der Waals surface area contributed by atoms with E-state index in [-0.39, 0.29) is 11.7 Å². The number of benzene rings is 2. The molecular weight excluding hydrogens is 326 g/mol. The Morgan fingerprint density at radius 2 is 1.62 bits per heavy atom. The van der Waals surface area contributed by atoms with Gasteiger partial charge in [-0.2, -0.15) is 0 Å². The number of hydrogen-bond donors (Lipinski definition) is 0. The molecule has 0 N–H and O–H groups in total. The van der Waals surface area contributed by atoms with Crippen molar-refractivity contribution in [3.63, 3.8) is 0 Å². The monoisotopic (exact) mass is 349 g/mol. The lowest BCUT2D eigenvalue weighted by Gasteiger charge is -2.18. The van der Waals surface area contributed by atoms with Gasteiger partial charge in [0.25, 0.3) is 0 Å².